The fourth-order valence-electron chi connectivity index (χ4n) is 2.08. The SMILES string of the molecule is COc1ncccc1CNCC(C)CC(C)C. The van der Waals surface area contributed by atoms with Crippen LogP contribution in [0.2, 0.25) is 0 Å². The van der Waals surface area contributed by atoms with Gasteiger partial charge >= 0.3 is 0 Å². The first-order valence-electron chi connectivity index (χ1n) is 6.32. The number of nitrogens with zero attached hydrogens (tertiary/aromatic N) is 1. The smallest absolute Gasteiger partial charge is 0.217 e. The van der Waals surface area contributed by atoms with Crippen LogP contribution in [0.25, 0.3) is 0 Å². The minimum absolute atomic E-state index is 0.706. The fourth-order valence-corrected chi connectivity index (χ4v) is 2.08. The molecule has 96 valence electrons. The summed E-state index contributed by atoms with van der Waals surface area (Å²) < 4.78 is 5.22. The van der Waals surface area contributed by atoms with Crippen molar-refractivity contribution in [1.82, 2.24) is 10.3 Å². The van der Waals surface area contributed by atoms with Gasteiger partial charge in [-0.05, 0) is 30.9 Å². The molecule has 0 radical (unpaired) electrons. The molecular weight excluding hydrogens is 212 g/mol. The van der Waals surface area contributed by atoms with E-state index in [0.29, 0.717) is 5.92 Å². The molecular formula is C14H24N2O. The molecule has 1 atom stereocenters. The topological polar surface area (TPSA) is 34.1 Å². The van der Waals surface area contributed by atoms with Crippen molar-refractivity contribution in [2.45, 2.75) is 33.7 Å². The van der Waals surface area contributed by atoms with Gasteiger partial charge < -0.3 is 10.1 Å². The van der Waals surface area contributed by atoms with Crippen molar-refractivity contribution < 1.29 is 4.74 Å². The molecule has 1 aromatic heterocycles. The van der Waals surface area contributed by atoms with E-state index >= 15 is 0 Å². The molecule has 1 heterocycles. The van der Waals surface area contributed by atoms with Crippen molar-refractivity contribution in [3.8, 4) is 5.88 Å². The van der Waals surface area contributed by atoms with Crippen molar-refractivity contribution in [3.05, 3.63) is 23.9 Å². The van der Waals surface area contributed by atoms with E-state index in [1.165, 1.54) is 6.42 Å². The highest BCUT2D eigenvalue weighted by Gasteiger charge is 2.06. The lowest BCUT2D eigenvalue weighted by molar-refractivity contribution is 0.384. The summed E-state index contributed by atoms with van der Waals surface area (Å²) in [6.45, 7) is 8.67. The molecule has 0 fully saturated rings. The quantitative estimate of drug-likeness (QED) is 0.790. The van der Waals surface area contributed by atoms with Crippen molar-refractivity contribution in [2.75, 3.05) is 13.7 Å². The maximum atomic E-state index is 5.22. The van der Waals surface area contributed by atoms with Crippen LogP contribution in [0.15, 0.2) is 18.3 Å². The highest BCUT2D eigenvalue weighted by atomic mass is 16.5. The number of aromatic nitrogens is 1. The summed E-state index contributed by atoms with van der Waals surface area (Å²) in [4.78, 5) is 4.18. The average Bonchev–Trinajstić information content (AvgIpc) is 2.28. The lowest BCUT2D eigenvalue weighted by Gasteiger charge is -2.15. The molecule has 0 aromatic carbocycles. The molecule has 0 spiro atoms. The number of pyridine rings is 1. The normalized spacial score (nSPS) is 12.8. The van der Waals surface area contributed by atoms with Crippen LogP contribution in [0.4, 0.5) is 0 Å². The first-order valence-corrected chi connectivity index (χ1v) is 6.32. The van der Waals surface area contributed by atoms with E-state index in [2.05, 4.69) is 31.1 Å². The van der Waals surface area contributed by atoms with Gasteiger partial charge in [-0.1, -0.05) is 26.8 Å². The second-order valence-electron chi connectivity index (χ2n) is 5.04. The largest absolute Gasteiger partial charge is 0.481 e. The predicted octanol–water partition coefficient (Wildman–Crippen LogP) is 2.86. The van der Waals surface area contributed by atoms with Crippen LogP contribution in [0.1, 0.15) is 32.8 Å². The van der Waals surface area contributed by atoms with E-state index in [4.69, 9.17) is 4.74 Å². The van der Waals surface area contributed by atoms with E-state index in [9.17, 15) is 0 Å². The molecule has 0 saturated heterocycles. The molecule has 0 amide bonds. The van der Waals surface area contributed by atoms with Crippen LogP contribution < -0.4 is 10.1 Å². The molecule has 0 aliphatic rings. The van der Waals surface area contributed by atoms with Crippen LogP contribution in [0.5, 0.6) is 5.88 Å². The standard InChI is InChI=1S/C14H24N2O/c1-11(2)8-12(3)9-15-10-13-6-5-7-16-14(13)17-4/h5-7,11-12,15H,8-10H2,1-4H3. The van der Waals surface area contributed by atoms with Gasteiger partial charge in [-0.15, -0.1) is 0 Å². The van der Waals surface area contributed by atoms with Crippen molar-refractivity contribution in [2.24, 2.45) is 11.8 Å². The third-order valence-electron chi connectivity index (χ3n) is 2.73. The number of ether oxygens (including phenoxy) is 1. The number of hydrogen-bond donors (Lipinski definition) is 1. The van der Waals surface area contributed by atoms with E-state index in [1.807, 2.05) is 12.1 Å². The summed E-state index contributed by atoms with van der Waals surface area (Å²) in [5.74, 6) is 2.19. The molecule has 17 heavy (non-hydrogen) atoms. The maximum absolute atomic E-state index is 5.22. The molecule has 3 nitrogen and oxygen atoms in total. The predicted molar refractivity (Wildman–Crippen MR) is 71.1 cm³/mol. The Morgan fingerprint density at radius 1 is 1.35 bits per heavy atom. The van der Waals surface area contributed by atoms with Gasteiger partial charge in [0.05, 0.1) is 7.11 Å². The molecule has 1 N–H and O–H groups in total. The second kappa shape index (κ2) is 7.28. The monoisotopic (exact) mass is 236 g/mol. The van der Waals surface area contributed by atoms with Gasteiger partial charge in [-0.25, -0.2) is 4.98 Å². The van der Waals surface area contributed by atoms with Crippen LogP contribution in [-0.4, -0.2) is 18.6 Å². The molecule has 3 heteroatoms. The second-order valence-corrected chi connectivity index (χ2v) is 5.04. The van der Waals surface area contributed by atoms with Crippen LogP contribution in [0, 0.1) is 11.8 Å². The summed E-state index contributed by atoms with van der Waals surface area (Å²) in [5, 5.41) is 3.46. The number of methoxy groups -OCH3 is 1. The Bertz CT molecular complexity index is 326. The highest BCUT2D eigenvalue weighted by molar-refractivity contribution is 5.24. The first kappa shape index (κ1) is 14.0. The van der Waals surface area contributed by atoms with Crippen molar-refractivity contribution in [3.63, 3.8) is 0 Å². The lowest BCUT2D eigenvalue weighted by Crippen LogP contribution is -2.22. The molecule has 0 aliphatic heterocycles. The van der Waals surface area contributed by atoms with Crippen LogP contribution >= 0.6 is 0 Å². The summed E-state index contributed by atoms with van der Waals surface area (Å²) in [6.07, 6.45) is 3.01. The van der Waals surface area contributed by atoms with Crippen LogP contribution in [-0.2, 0) is 6.54 Å². The maximum Gasteiger partial charge on any atom is 0.217 e. The minimum atomic E-state index is 0.706. The molecule has 1 unspecified atom stereocenters. The Labute approximate surface area is 105 Å². The zero-order valence-corrected chi connectivity index (χ0v) is 11.4. The van der Waals surface area contributed by atoms with Gasteiger partial charge in [0.25, 0.3) is 0 Å². The number of hydrogen-bond acceptors (Lipinski definition) is 3. The van der Waals surface area contributed by atoms with Gasteiger partial charge in [0, 0.05) is 18.3 Å². The Balaban J connectivity index is 2.35. The van der Waals surface area contributed by atoms with Gasteiger partial charge in [0.1, 0.15) is 0 Å². The summed E-state index contributed by atoms with van der Waals surface area (Å²) >= 11 is 0. The van der Waals surface area contributed by atoms with E-state index in [1.54, 1.807) is 13.3 Å². The molecule has 0 bridgehead atoms. The summed E-state index contributed by atoms with van der Waals surface area (Å²) in [6, 6.07) is 3.99. The first-order chi connectivity index (χ1) is 8.13. The highest BCUT2D eigenvalue weighted by Crippen LogP contribution is 2.14. The zero-order chi connectivity index (χ0) is 12.7. The third-order valence-corrected chi connectivity index (χ3v) is 2.73. The van der Waals surface area contributed by atoms with E-state index in [-0.39, 0.29) is 0 Å². The Morgan fingerprint density at radius 2 is 2.12 bits per heavy atom. The number of rotatable bonds is 7. The lowest BCUT2D eigenvalue weighted by atomic mass is 9.99. The van der Waals surface area contributed by atoms with Crippen molar-refractivity contribution >= 4 is 0 Å². The van der Waals surface area contributed by atoms with Gasteiger partial charge in [0.15, 0.2) is 0 Å². The summed E-state index contributed by atoms with van der Waals surface area (Å²) in [7, 11) is 1.66. The Morgan fingerprint density at radius 3 is 2.76 bits per heavy atom. The van der Waals surface area contributed by atoms with Crippen molar-refractivity contribution in [1.29, 1.82) is 0 Å². The van der Waals surface area contributed by atoms with Gasteiger partial charge in [-0.3, -0.25) is 0 Å². The van der Waals surface area contributed by atoms with Crippen LogP contribution in [0.3, 0.4) is 0 Å². The number of nitrogens with one attached hydrogen (secondary N) is 1. The minimum Gasteiger partial charge on any atom is -0.481 e. The summed E-state index contributed by atoms with van der Waals surface area (Å²) in [5.41, 5.74) is 1.12. The van der Waals surface area contributed by atoms with Gasteiger partial charge in [-0.2, -0.15) is 0 Å². The Kier molecular flexibility index (Phi) is 5.98. The molecule has 0 aliphatic carbocycles. The zero-order valence-electron chi connectivity index (χ0n) is 11.4. The average molecular weight is 236 g/mol. The van der Waals surface area contributed by atoms with E-state index in [0.717, 1.165) is 30.5 Å². The molecule has 1 rings (SSSR count). The third kappa shape index (κ3) is 5.18. The molecule has 0 saturated carbocycles. The molecule has 1 aromatic rings. The van der Waals surface area contributed by atoms with E-state index < -0.39 is 0 Å². The Hall–Kier alpha value is -1.09. The fraction of sp³-hybridized carbons (Fsp3) is 0.643. The van der Waals surface area contributed by atoms with Gasteiger partial charge in [0.2, 0.25) is 5.88 Å².